The highest BCUT2D eigenvalue weighted by atomic mass is 16.1. The smallest absolute Gasteiger partial charge is 0.255 e. The van der Waals surface area contributed by atoms with Gasteiger partial charge in [0.05, 0.1) is 6.04 Å². The summed E-state index contributed by atoms with van der Waals surface area (Å²) in [6.07, 6.45) is 5.36. The van der Waals surface area contributed by atoms with Gasteiger partial charge >= 0.3 is 0 Å². The van der Waals surface area contributed by atoms with Gasteiger partial charge in [-0.15, -0.1) is 0 Å². The fraction of sp³-hybridized carbons (Fsp3) is 0.421. The number of nitrogens with two attached hydrogens (primary N) is 1. The Morgan fingerprint density at radius 2 is 2.00 bits per heavy atom. The Morgan fingerprint density at radius 3 is 2.73 bits per heavy atom. The van der Waals surface area contributed by atoms with Crippen molar-refractivity contribution in [2.45, 2.75) is 51.6 Å². The van der Waals surface area contributed by atoms with E-state index in [4.69, 9.17) is 5.73 Å². The molecule has 2 aromatic rings. The molecule has 0 saturated carbocycles. The quantitative estimate of drug-likeness (QED) is 0.921. The number of nitrogens with zero attached hydrogens (tertiary/aromatic N) is 1. The molecule has 0 saturated heterocycles. The molecule has 1 aromatic heterocycles. The molecule has 1 aromatic carbocycles. The Bertz CT molecular complexity index is 703. The first-order valence-corrected chi connectivity index (χ1v) is 8.28. The average molecular weight is 296 g/mol. The molecule has 0 aliphatic heterocycles. The average Bonchev–Trinajstić information content (AvgIpc) is 3.02. The van der Waals surface area contributed by atoms with Crippen LogP contribution in [0.3, 0.4) is 0 Å². The SMILES string of the molecule is CCCCn1c2c(cc(C(N)c3ccccc3)c1=O)CCC2. The zero-order chi connectivity index (χ0) is 15.5. The van der Waals surface area contributed by atoms with Crippen LogP contribution in [-0.2, 0) is 19.4 Å². The van der Waals surface area contributed by atoms with Gasteiger partial charge in [0.1, 0.15) is 0 Å². The third-order valence-electron chi connectivity index (χ3n) is 4.61. The van der Waals surface area contributed by atoms with Gasteiger partial charge in [0.2, 0.25) is 0 Å². The number of benzene rings is 1. The van der Waals surface area contributed by atoms with E-state index in [9.17, 15) is 4.79 Å². The topological polar surface area (TPSA) is 48.0 Å². The molecule has 0 radical (unpaired) electrons. The van der Waals surface area contributed by atoms with Gasteiger partial charge in [-0.05, 0) is 42.9 Å². The van der Waals surface area contributed by atoms with Gasteiger partial charge in [-0.25, -0.2) is 0 Å². The van der Waals surface area contributed by atoms with Crippen LogP contribution in [-0.4, -0.2) is 4.57 Å². The van der Waals surface area contributed by atoms with Crippen LogP contribution in [0.1, 0.15) is 54.6 Å². The van der Waals surface area contributed by atoms with Crippen molar-refractivity contribution in [2.75, 3.05) is 0 Å². The number of hydrogen-bond donors (Lipinski definition) is 1. The molecule has 1 aliphatic rings. The zero-order valence-corrected chi connectivity index (χ0v) is 13.2. The van der Waals surface area contributed by atoms with E-state index in [1.54, 1.807) is 0 Å². The molecule has 2 N–H and O–H groups in total. The molecule has 3 nitrogen and oxygen atoms in total. The van der Waals surface area contributed by atoms with Gasteiger partial charge < -0.3 is 10.3 Å². The molecular formula is C19H24N2O. The number of hydrogen-bond acceptors (Lipinski definition) is 2. The van der Waals surface area contributed by atoms with Crippen molar-refractivity contribution >= 4 is 0 Å². The summed E-state index contributed by atoms with van der Waals surface area (Å²) in [5.74, 6) is 0. The van der Waals surface area contributed by atoms with E-state index in [2.05, 4.69) is 13.0 Å². The summed E-state index contributed by atoms with van der Waals surface area (Å²) in [6.45, 7) is 2.97. The molecule has 3 heteroatoms. The van der Waals surface area contributed by atoms with Crippen molar-refractivity contribution in [1.82, 2.24) is 4.57 Å². The maximum atomic E-state index is 12.9. The molecule has 22 heavy (non-hydrogen) atoms. The first kappa shape index (κ1) is 15.0. The Hall–Kier alpha value is -1.87. The molecular weight excluding hydrogens is 272 g/mol. The predicted octanol–water partition coefficient (Wildman–Crippen LogP) is 3.19. The summed E-state index contributed by atoms with van der Waals surface area (Å²) >= 11 is 0. The molecule has 3 rings (SSSR count). The Morgan fingerprint density at radius 1 is 1.23 bits per heavy atom. The fourth-order valence-corrected chi connectivity index (χ4v) is 3.36. The van der Waals surface area contributed by atoms with Gasteiger partial charge in [-0.2, -0.15) is 0 Å². The summed E-state index contributed by atoms with van der Waals surface area (Å²) in [4.78, 5) is 12.9. The maximum absolute atomic E-state index is 12.9. The number of pyridine rings is 1. The summed E-state index contributed by atoms with van der Waals surface area (Å²) in [6, 6.07) is 11.6. The van der Waals surface area contributed by atoms with Crippen LogP contribution in [0.2, 0.25) is 0 Å². The van der Waals surface area contributed by atoms with E-state index >= 15 is 0 Å². The third kappa shape index (κ3) is 2.73. The van der Waals surface area contributed by atoms with E-state index in [0.29, 0.717) is 0 Å². The minimum Gasteiger partial charge on any atom is -0.320 e. The largest absolute Gasteiger partial charge is 0.320 e. The maximum Gasteiger partial charge on any atom is 0.255 e. The lowest BCUT2D eigenvalue weighted by Gasteiger charge is -2.18. The molecule has 0 fully saturated rings. The van der Waals surface area contributed by atoms with Crippen molar-refractivity contribution in [3.8, 4) is 0 Å². The first-order valence-electron chi connectivity index (χ1n) is 8.28. The highest BCUT2D eigenvalue weighted by molar-refractivity contribution is 5.36. The van der Waals surface area contributed by atoms with Crippen LogP contribution >= 0.6 is 0 Å². The van der Waals surface area contributed by atoms with Gasteiger partial charge in [0, 0.05) is 17.8 Å². The second-order valence-electron chi connectivity index (χ2n) is 6.12. The van der Waals surface area contributed by atoms with E-state index in [1.165, 1.54) is 11.3 Å². The summed E-state index contributed by atoms with van der Waals surface area (Å²) in [5.41, 5.74) is 10.8. The van der Waals surface area contributed by atoms with Crippen molar-refractivity contribution in [1.29, 1.82) is 0 Å². The van der Waals surface area contributed by atoms with Gasteiger partial charge in [-0.3, -0.25) is 4.79 Å². The molecule has 1 atom stereocenters. The lowest BCUT2D eigenvalue weighted by atomic mass is 9.98. The summed E-state index contributed by atoms with van der Waals surface area (Å²) in [7, 11) is 0. The van der Waals surface area contributed by atoms with Gasteiger partial charge in [-0.1, -0.05) is 43.7 Å². The summed E-state index contributed by atoms with van der Waals surface area (Å²) in [5, 5.41) is 0. The van der Waals surface area contributed by atoms with E-state index in [1.807, 2.05) is 34.9 Å². The lowest BCUT2D eigenvalue weighted by molar-refractivity contribution is 0.582. The molecule has 116 valence electrons. The number of fused-ring (bicyclic) bond motifs is 1. The van der Waals surface area contributed by atoms with Crippen molar-refractivity contribution in [3.05, 3.63) is 69.1 Å². The van der Waals surface area contributed by atoms with E-state index in [0.717, 1.165) is 49.8 Å². The van der Waals surface area contributed by atoms with Crippen molar-refractivity contribution in [2.24, 2.45) is 5.73 Å². The molecule has 1 aliphatic carbocycles. The van der Waals surface area contributed by atoms with Crippen LogP contribution < -0.4 is 11.3 Å². The molecule has 1 heterocycles. The minimum absolute atomic E-state index is 0.102. The highest BCUT2D eigenvalue weighted by Gasteiger charge is 2.22. The fourth-order valence-electron chi connectivity index (χ4n) is 3.36. The van der Waals surface area contributed by atoms with Crippen molar-refractivity contribution < 1.29 is 0 Å². The molecule has 0 spiro atoms. The number of rotatable bonds is 5. The van der Waals surface area contributed by atoms with Crippen molar-refractivity contribution in [3.63, 3.8) is 0 Å². The van der Waals surface area contributed by atoms with E-state index in [-0.39, 0.29) is 11.6 Å². The first-order chi connectivity index (χ1) is 10.7. The minimum atomic E-state index is -0.340. The predicted molar refractivity (Wildman–Crippen MR) is 90.1 cm³/mol. The van der Waals surface area contributed by atoms with Crippen LogP contribution in [0, 0.1) is 0 Å². The number of aromatic nitrogens is 1. The monoisotopic (exact) mass is 296 g/mol. The molecule has 1 unspecified atom stereocenters. The normalized spacial score (nSPS) is 14.8. The standard InChI is InChI=1S/C19H24N2O/c1-2-3-12-21-17-11-7-10-15(17)13-16(19(21)22)18(20)14-8-5-4-6-9-14/h4-6,8-9,13,18H,2-3,7,10-12,20H2,1H3. The second kappa shape index (κ2) is 6.49. The highest BCUT2D eigenvalue weighted by Crippen LogP contribution is 2.25. The second-order valence-corrected chi connectivity index (χ2v) is 6.12. The van der Waals surface area contributed by atoms with Crippen LogP contribution in [0.4, 0.5) is 0 Å². The van der Waals surface area contributed by atoms with Crippen LogP contribution in [0.5, 0.6) is 0 Å². The molecule has 0 bridgehead atoms. The molecule has 0 amide bonds. The Labute approximate surface area is 131 Å². The van der Waals surface area contributed by atoms with Gasteiger partial charge in [0.25, 0.3) is 5.56 Å². The Kier molecular flexibility index (Phi) is 4.44. The third-order valence-corrected chi connectivity index (χ3v) is 4.61. The van der Waals surface area contributed by atoms with E-state index < -0.39 is 0 Å². The Balaban J connectivity index is 2.07. The van der Waals surface area contributed by atoms with Crippen LogP contribution in [0.25, 0.3) is 0 Å². The number of aryl methyl sites for hydroxylation is 1. The van der Waals surface area contributed by atoms with Crippen LogP contribution in [0.15, 0.2) is 41.2 Å². The summed E-state index contributed by atoms with van der Waals surface area (Å²) < 4.78 is 1.99. The zero-order valence-electron chi connectivity index (χ0n) is 13.2. The lowest BCUT2D eigenvalue weighted by Crippen LogP contribution is -2.31. The van der Waals surface area contributed by atoms with Gasteiger partial charge in [0.15, 0.2) is 0 Å². The number of unbranched alkanes of at least 4 members (excludes halogenated alkanes) is 1.